The van der Waals surface area contributed by atoms with Gasteiger partial charge in [-0.25, -0.2) is 0 Å². The van der Waals surface area contributed by atoms with Crippen LogP contribution >= 0.6 is 0 Å². The van der Waals surface area contributed by atoms with Crippen LogP contribution in [0.15, 0.2) is 30.3 Å². The van der Waals surface area contributed by atoms with E-state index in [9.17, 15) is 0 Å². The summed E-state index contributed by atoms with van der Waals surface area (Å²) < 4.78 is 0. The zero-order valence-corrected chi connectivity index (χ0v) is 10.7. The Labute approximate surface area is 104 Å². The fourth-order valence-electron chi connectivity index (χ4n) is 2.51. The fourth-order valence-corrected chi connectivity index (χ4v) is 2.51. The van der Waals surface area contributed by atoms with E-state index in [4.69, 9.17) is 5.73 Å². The van der Waals surface area contributed by atoms with Gasteiger partial charge >= 0.3 is 0 Å². The predicted octanol–water partition coefficient (Wildman–Crippen LogP) is 1.15. The first-order chi connectivity index (χ1) is 8.29. The highest BCUT2D eigenvalue weighted by Gasteiger charge is 2.22. The van der Waals surface area contributed by atoms with Gasteiger partial charge in [0, 0.05) is 45.3 Å². The maximum Gasteiger partial charge on any atom is 0.0237 e. The summed E-state index contributed by atoms with van der Waals surface area (Å²) in [6, 6.07) is 11.3. The van der Waals surface area contributed by atoms with Crippen molar-refractivity contribution in [2.24, 2.45) is 5.73 Å². The van der Waals surface area contributed by atoms with Crippen molar-refractivity contribution in [2.75, 3.05) is 32.7 Å². The van der Waals surface area contributed by atoms with Gasteiger partial charge in [0.15, 0.2) is 0 Å². The van der Waals surface area contributed by atoms with Crippen LogP contribution in [0.3, 0.4) is 0 Å². The Balaban J connectivity index is 1.87. The quantitative estimate of drug-likeness (QED) is 0.847. The summed E-state index contributed by atoms with van der Waals surface area (Å²) in [5.74, 6) is 0. The maximum atomic E-state index is 5.61. The molecular formula is C14H23N3. The molecule has 0 spiro atoms. The van der Waals surface area contributed by atoms with Crippen molar-refractivity contribution < 1.29 is 0 Å². The SMILES string of the molecule is CC1CN(CCN)CCN1Cc1ccccc1. The second kappa shape index (κ2) is 6.15. The number of hydrogen-bond donors (Lipinski definition) is 1. The summed E-state index contributed by atoms with van der Waals surface area (Å²) >= 11 is 0. The zero-order valence-electron chi connectivity index (χ0n) is 10.7. The van der Waals surface area contributed by atoms with Crippen LogP contribution in [0.1, 0.15) is 12.5 Å². The molecule has 2 rings (SSSR count). The number of rotatable bonds is 4. The lowest BCUT2D eigenvalue weighted by Gasteiger charge is -2.39. The molecule has 3 nitrogen and oxygen atoms in total. The summed E-state index contributed by atoms with van der Waals surface area (Å²) in [6.45, 7) is 8.62. The van der Waals surface area contributed by atoms with Gasteiger partial charge in [0.2, 0.25) is 0 Å². The van der Waals surface area contributed by atoms with Crippen LogP contribution in [0.4, 0.5) is 0 Å². The van der Waals surface area contributed by atoms with E-state index < -0.39 is 0 Å². The van der Waals surface area contributed by atoms with Gasteiger partial charge in [-0.3, -0.25) is 9.80 Å². The van der Waals surface area contributed by atoms with E-state index in [1.165, 1.54) is 5.56 Å². The molecule has 17 heavy (non-hydrogen) atoms. The van der Waals surface area contributed by atoms with Crippen molar-refractivity contribution in [3.63, 3.8) is 0 Å². The molecule has 1 atom stereocenters. The summed E-state index contributed by atoms with van der Waals surface area (Å²) in [6.07, 6.45) is 0. The Hall–Kier alpha value is -0.900. The Morgan fingerprint density at radius 2 is 2.00 bits per heavy atom. The molecule has 2 N–H and O–H groups in total. The molecule has 94 valence electrons. The van der Waals surface area contributed by atoms with Crippen LogP contribution in [0.25, 0.3) is 0 Å². The standard InChI is InChI=1S/C14H23N3/c1-13-11-16(8-7-15)9-10-17(13)12-14-5-3-2-4-6-14/h2-6,13H,7-12,15H2,1H3. The third kappa shape index (κ3) is 3.53. The molecule has 1 aliphatic heterocycles. The molecule has 0 aromatic heterocycles. The topological polar surface area (TPSA) is 32.5 Å². The van der Waals surface area contributed by atoms with Crippen molar-refractivity contribution in [2.45, 2.75) is 19.5 Å². The molecule has 1 fully saturated rings. The molecule has 1 aliphatic rings. The van der Waals surface area contributed by atoms with Gasteiger partial charge in [-0.1, -0.05) is 30.3 Å². The molecule has 1 saturated heterocycles. The van der Waals surface area contributed by atoms with E-state index in [2.05, 4.69) is 47.1 Å². The minimum atomic E-state index is 0.621. The van der Waals surface area contributed by atoms with Gasteiger partial charge in [-0.2, -0.15) is 0 Å². The highest BCUT2D eigenvalue weighted by molar-refractivity contribution is 5.14. The lowest BCUT2D eigenvalue weighted by molar-refractivity contribution is 0.0797. The van der Waals surface area contributed by atoms with E-state index in [-0.39, 0.29) is 0 Å². The number of nitrogens with zero attached hydrogens (tertiary/aromatic N) is 2. The van der Waals surface area contributed by atoms with E-state index >= 15 is 0 Å². The fraction of sp³-hybridized carbons (Fsp3) is 0.571. The van der Waals surface area contributed by atoms with Gasteiger partial charge in [0.05, 0.1) is 0 Å². The summed E-state index contributed by atoms with van der Waals surface area (Å²) in [4.78, 5) is 5.02. The Kier molecular flexibility index (Phi) is 4.54. The zero-order chi connectivity index (χ0) is 12.1. The van der Waals surface area contributed by atoms with Gasteiger partial charge in [-0.05, 0) is 12.5 Å². The number of piperazine rings is 1. The molecule has 1 aromatic rings. The lowest BCUT2D eigenvalue weighted by Crippen LogP contribution is -2.52. The Bertz CT molecular complexity index is 325. The minimum Gasteiger partial charge on any atom is -0.329 e. The highest BCUT2D eigenvalue weighted by Crippen LogP contribution is 2.13. The molecule has 1 unspecified atom stereocenters. The number of nitrogens with two attached hydrogens (primary N) is 1. The van der Waals surface area contributed by atoms with Crippen LogP contribution in [0.2, 0.25) is 0 Å². The largest absolute Gasteiger partial charge is 0.329 e. The molecule has 1 heterocycles. The van der Waals surface area contributed by atoms with Crippen molar-refractivity contribution >= 4 is 0 Å². The second-order valence-corrected chi connectivity index (χ2v) is 4.89. The molecule has 1 aromatic carbocycles. The average Bonchev–Trinajstić information content (AvgIpc) is 2.34. The molecule has 0 radical (unpaired) electrons. The molecular weight excluding hydrogens is 210 g/mol. The van der Waals surface area contributed by atoms with Crippen molar-refractivity contribution in [1.82, 2.24) is 9.80 Å². The first kappa shape index (κ1) is 12.6. The van der Waals surface area contributed by atoms with Crippen molar-refractivity contribution in [1.29, 1.82) is 0 Å². The third-order valence-electron chi connectivity index (χ3n) is 3.52. The average molecular weight is 233 g/mol. The van der Waals surface area contributed by atoms with E-state index in [0.29, 0.717) is 6.04 Å². The monoisotopic (exact) mass is 233 g/mol. The normalized spacial score (nSPS) is 22.8. The van der Waals surface area contributed by atoms with Crippen LogP contribution in [0, 0.1) is 0 Å². The van der Waals surface area contributed by atoms with Gasteiger partial charge < -0.3 is 5.73 Å². The summed E-state index contributed by atoms with van der Waals surface area (Å²) in [5, 5.41) is 0. The van der Waals surface area contributed by atoms with Crippen LogP contribution in [0.5, 0.6) is 0 Å². The molecule has 0 aliphatic carbocycles. The van der Waals surface area contributed by atoms with Gasteiger partial charge in [0.1, 0.15) is 0 Å². The van der Waals surface area contributed by atoms with E-state index in [1.54, 1.807) is 0 Å². The predicted molar refractivity (Wildman–Crippen MR) is 71.8 cm³/mol. The van der Waals surface area contributed by atoms with Crippen LogP contribution in [-0.4, -0.2) is 48.6 Å². The second-order valence-electron chi connectivity index (χ2n) is 4.89. The number of hydrogen-bond acceptors (Lipinski definition) is 3. The van der Waals surface area contributed by atoms with E-state index in [0.717, 1.165) is 39.3 Å². The smallest absolute Gasteiger partial charge is 0.0237 e. The number of benzene rings is 1. The molecule has 0 bridgehead atoms. The minimum absolute atomic E-state index is 0.621. The lowest BCUT2D eigenvalue weighted by atomic mass is 10.1. The Morgan fingerprint density at radius 1 is 1.24 bits per heavy atom. The summed E-state index contributed by atoms with van der Waals surface area (Å²) in [7, 11) is 0. The first-order valence-electron chi connectivity index (χ1n) is 6.50. The van der Waals surface area contributed by atoms with Crippen molar-refractivity contribution in [3.8, 4) is 0 Å². The molecule has 3 heteroatoms. The third-order valence-corrected chi connectivity index (χ3v) is 3.52. The van der Waals surface area contributed by atoms with Crippen LogP contribution in [-0.2, 0) is 6.54 Å². The van der Waals surface area contributed by atoms with Gasteiger partial charge in [0.25, 0.3) is 0 Å². The summed E-state index contributed by atoms with van der Waals surface area (Å²) in [5.41, 5.74) is 7.02. The highest BCUT2D eigenvalue weighted by atomic mass is 15.3. The maximum absolute atomic E-state index is 5.61. The van der Waals surface area contributed by atoms with Crippen LogP contribution < -0.4 is 5.73 Å². The van der Waals surface area contributed by atoms with Gasteiger partial charge in [-0.15, -0.1) is 0 Å². The first-order valence-corrected chi connectivity index (χ1v) is 6.50. The molecule has 0 amide bonds. The van der Waals surface area contributed by atoms with Crippen molar-refractivity contribution in [3.05, 3.63) is 35.9 Å². The Morgan fingerprint density at radius 3 is 2.65 bits per heavy atom. The van der Waals surface area contributed by atoms with E-state index in [1.807, 2.05) is 0 Å². The molecule has 0 saturated carbocycles.